The van der Waals surface area contributed by atoms with E-state index >= 15 is 0 Å². The molecule has 16 rings (SSSR count). The van der Waals surface area contributed by atoms with E-state index in [1.54, 1.807) is 24.8 Å². The van der Waals surface area contributed by atoms with Crippen molar-refractivity contribution in [1.82, 2.24) is 39.9 Å². The third-order valence-electron chi connectivity index (χ3n) is 16.3. The minimum absolute atomic E-state index is 0. The van der Waals surface area contributed by atoms with Crippen molar-refractivity contribution < 1.29 is 135 Å². The van der Waals surface area contributed by atoms with Gasteiger partial charge in [0.05, 0.1) is 116 Å². The first-order valence-electron chi connectivity index (χ1n) is 35.4. The minimum atomic E-state index is -10.7. The maximum atomic E-state index is 9.87. The first kappa shape index (κ1) is 97.6. The quantitative estimate of drug-likeness (QED) is 0.0451. The summed E-state index contributed by atoms with van der Waals surface area (Å²) in [5, 5.41) is 8.83. The van der Waals surface area contributed by atoms with Crippen molar-refractivity contribution in [3.8, 4) is 67.8 Å². The van der Waals surface area contributed by atoms with Crippen LogP contribution in [0.5, 0.6) is 0 Å². The Morgan fingerprint density at radius 1 is 0.183 bits per heavy atom. The summed E-state index contributed by atoms with van der Waals surface area (Å²) in [5.74, 6) is 0. The summed E-state index contributed by atoms with van der Waals surface area (Å²) >= 11 is 0. The van der Waals surface area contributed by atoms with E-state index in [-0.39, 0.29) is 34.1 Å². The molecule has 0 saturated heterocycles. The average Bonchev–Trinajstić information content (AvgIpc) is 0.756. The number of benzene rings is 8. The van der Waals surface area contributed by atoms with E-state index in [0.29, 0.717) is 0 Å². The van der Waals surface area contributed by atoms with Gasteiger partial charge in [0.1, 0.15) is 0 Å². The van der Waals surface area contributed by atoms with Gasteiger partial charge in [-0.05, 0) is 164 Å². The van der Waals surface area contributed by atoms with Crippen LogP contribution in [-0.2, 0) is 34.1 Å². The Labute approximate surface area is 719 Å². The molecule has 0 bridgehead atoms. The van der Waals surface area contributed by atoms with Crippen LogP contribution in [-0.4, -0.2) is 64.7 Å². The van der Waals surface area contributed by atoms with Gasteiger partial charge < -0.3 is 0 Å². The molecule has 0 aliphatic rings. The molecule has 0 N–H and O–H groups in total. The van der Waals surface area contributed by atoms with Gasteiger partial charge in [-0.15, -0.1) is 0 Å². The number of aromatic nitrogens is 8. The van der Waals surface area contributed by atoms with Gasteiger partial charge in [0.25, 0.3) is 0 Å². The van der Waals surface area contributed by atoms with Gasteiger partial charge in [0.2, 0.25) is 0 Å². The maximum Gasteiger partial charge on any atom is 2.00 e. The van der Waals surface area contributed by atoms with Gasteiger partial charge in [-0.2, -0.15) is 0 Å². The SMILES string of the molecule is C(=Nc1ccc2ccccc2c1-c1c(N=Cc2cccc(-c3ccccn3)n2)ccc2ccccc12)c1cccc(-c2ccccn2)n1.C(=Nc1ccc2ccccc2c1-c1c(N=Cc2cccc(-c3ccccn3)n2)ccc2ccccc12)c1cccc(-c2ccccn2)n1.F[P-](F)(F)(F)(F)F.F[P-](F)(F)(F)(F)F.F[P-](F)(F)(F)(F)F.F[P-](F)(F)(F)(F)F.[Fe+2].[Fe+2]. The molecule has 126 heavy (non-hydrogen) atoms. The van der Waals surface area contributed by atoms with Crippen LogP contribution in [0.3, 0.4) is 0 Å². The fourth-order valence-corrected chi connectivity index (χ4v) is 11.8. The van der Waals surface area contributed by atoms with Crippen LogP contribution in [0.25, 0.3) is 111 Å². The second-order valence-corrected chi connectivity index (χ2v) is 33.9. The zero-order chi connectivity index (χ0) is 89.9. The third-order valence-corrected chi connectivity index (χ3v) is 16.3. The Hall–Kier alpha value is -12.2. The largest absolute Gasteiger partial charge is 2.00 e. The molecule has 0 aliphatic carbocycles. The van der Waals surface area contributed by atoms with Gasteiger partial charge in [0.15, 0.2) is 0 Å². The summed E-state index contributed by atoms with van der Waals surface area (Å²) < 4.78 is 237. The molecule has 656 valence electrons. The molecule has 0 radical (unpaired) electrons. The molecule has 0 atom stereocenters. The second kappa shape index (κ2) is 35.3. The Bertz CT molecular complexity index is 5880. The minimum Gasteiger partial charge on any atom is 2.00 e. The molecular formula is C84H56F24Fe2N12P4. The van der Waals surface area contributed by atoms with Gasteiger partial charge in [-0.3, -0.25) is 39.9 Å². The van der Waals surface area contributed by atoms with Crippen LogP contribution < -0.4 is 0 Å². The molecule has 8 aromatic heterocycles. The standard InChI is InChI=1S/2C42H28N6.4F6P.2Fe/c2*1-3-15-33-29(11-1)21-23-39(45-27-31-13-9-19-37(47-31)35-17-5-7-25-43-35)41(33)42-34-16-4-2-12-30(34)22-24-40(42)46-28-32-14-10-20-38(48-32)36-18-6-8-26-44-36;4*1-7(2,3,4,5)6;;/h2*1-28H;;;;;;/q;;4*-1;2*+2. The van der Waals surface area contributed by atoms with E-state index in [9.17, 15) is 101 Å². The zero-order valence-corrected chi connectivity index (χ0v) is 69.1. The molecule has 12 nitrogen and oxygen atoms in total. The van der Waals surface area contributed by atoms with E-state index in [2.05, 4.69) is 166 Å². The maximum absolute atomic E-state index is 10.7. The predicted octanol–water partition coefficient (Wildman–Crippen LogP) is 33.7. The van der Waals surface area contributed by atoms with Crippen LogP contribution in [0.1, 0.15) is 22.8 Å². The van der Waals surface area contributed by atoms with Crippen molar-refractivity contribution in [2.75, 3.05) is 0 Å². The number of rotatable bonds is 14. The summed E-state index contributed by atoms with van der Waals surface area (Å²) in [6.07, 6.45) is 14.4. The number of nitrogens with zero attached hydrogens (tertiary/aromatic N) is 12. The molecule has 42 heteroatoms. The van der Waals surface area contributed by atoms with Gasteiger partial charge in [-0.1, -0.05) is 170 Å². The van der Waals surface area contributed by atoms with Crippen molar-refractivity contribution in [3.05, 3.63) is 339 Å². The normalized spacial score (nSPS) is 14.0. The number of halogens is 24. The second-order valence-electron chi connectivity index (χ2n) is 26.2. The van der Waals surface area contributed by atoms with E-state index in [1.165, 1.54) is 0 Å². The number of hydrogen-bond acceptors (Lipinski definition) is 12. The summed E-state index contributed by atoms with van der Waals surface area (Å²) in [7, 11) is -42.6. The summed E-state index contributed by atoms with van der Waals surface area (Å²) in [6.45, 7) is 0. The summed E-state index contributed by atoms with van der Waals surface area (Å²) in [5.41, 5.74) is 16.7. The Morgan fingerprint density at radius 2 is 0.349 bits per heavy atom. The van der Waals surface area contributed by atoms with Crippen molar-refractivity contribution in [2.24, 2.45) is 20.0 Å². The molecule has 0 saturated carbocycles. The first-order chi connectivity index (χ1) is 57.4. The fraction of sp³-hybridized carbons (Fsp3) is 0. The topological polar surface area (TPSA) is 153 Å². The molecular weight excluding hydrogens is 1870 g/mol. The number of hydrogen-bond donors (Lipinski definition) is 0. The third kappa shape index (κ3) is 34.4. The summed E-state index contributed by atoms with van der Waals surface area (Å²) in [4.78, 5) is 57.5. The molecule has 0 unspecified atom stereocenters. The van der Waals surface area contributed by atoms with Crippen LogP contribution in [0.2, 0.25) is 0 Å². The van der Waals surface area contributed by atoms with Crippen molar-refractivity contribution in [3.63, 3.8) is 0 Å². The van der Waals surface area contributed by atoms with E-state index in [4.69, 9.17) is 39.9 Å². The molecule has 0 fully saturated rings. The van der Waals surface area contributed by atoms with Crippen molar-refractivity contribution in [1.29, 1.82) is 0 Å². The first-order valence-corrected chi connectivity index (χ1v) is 43.6. The number of aliphatic imine (C=N–C) groups is 4. The monoisotopic (exact) mass is 1920 g/mol. The molecule has 0 amide bonds. The van der Waals surface area contributed by atoms with Gasteiger partial charge >= 0.3 is 166 Å². The van der Waals surface area contributed by atoms with Gasteiger partial charge in [-0.25, -0.2) is 19.9 Å². The Kier molecular flexibility index (Phi) is 27.3. The Morgan fingerprint density at radius 3 is 0.524 bits per heavy atom. The van der Waals surface area contributed by atoms with Crippen LogP contribution in [0, 0.1) is 0 Å². The number of pyridine rings is 8. The zero-order valence-electron chi connectivity index (χ0n) is 63.3. The smallest absolute Gasteiger partial charge is 2.00 e. The predicted molar refractivity (Wildman–Crippen MR) is 447 cm³/mol. The van der Waals surface area contributed by atoms with E-state index in [1.807, 2.05) is 170 Å². The van der Waals surface area contributed by atoms with E-state index in [0.717, 1.165) is 156 Å². The van der Waals surface area contributed by atoms with Crippen LogP contribution in [0.15, 0.2) is 336 Å². The van der Waals surface area contributed by atoms with Crippen molar-refractivity contribution >= 4 is 122 Å². The van der Waals surface area contributed by atoms with Crippen molar-refractivity contribution in [2.45, 2.75) is 0 Å². The molecule has 0 aliphatic heterocycles. The molecule has 8 aromatic carbocycles. The van der Waals surface area contributed by atoms with E-state index < -0.39 is 31.2 Å². The molecule has 16 aromatic rings. The Balaban J connectivity index is 0.000000216. The molecule has 8 heterocycles. The fourth-order valence-electron chi connectivity index (χ4n) is 11.8. The van der Waals surface area contributed by atoms with Gasteiger partial charge in [0, 0.05) is 47.0 Å². The molecule has 0 spiro atoms. The summed E-state index contributed by atoms with van der Waals surface area (Å²) in [6, 6.07) is 97.2. The number of fused-ring (bicyclic) bond motifs is 4. The van der Waals surface area contributed by atoms with Crippen LogP contribution >= 0.6 is 31.2 Å². The van der Waals surface area contributed by atoms with Crippen LogP contribution in [0.4, 0.5) is 123 Å². The average molecular weight is 1920 g/mol.